The number of piperidine rings is 1. The molecular weight excluding hydrogens is 456 g/mol. The first-order valence-electron chi connectivity index (χ1n) is 11.3. The standard InChI is InChI=1S/C25H30N2O6S/c1-15-13-19-17(3)22(25(28)27-11-7-6-8-12-27)33-23(19)24(16(15)2)34(29,30)26-20-10-9-18(31-4)14-21(20)32-5/h9-10,13-14,26H,6-8,11-12H2,1-5H3. The molecule has 8 nitrogen and oxygen atoms in total. The van der Waals surface area contributed by atoms with Crippen LogP contribution in [0.3, 0.4) is 0 Å². The number of hydrogen-bond acceptors (Lipinski definition) is 6. The summed E-state index contributed by atoms with van der Waals surface area (Å²) < 4.78 is 46.5. The van der Waals surface area contributed by atoms with Crippen LogP contribution >= 0.6 is 0 Å². The SMILES string of the molecule is COc1ccc(NS(=O)(=O)c2c(C)c(C)cc3c(C)c(C(=O)N4CCCCC4)oc23)c(OC)c1. The Labute approximate surface area is 199 Å². The number of amides is 1. The fraction of sp³-hybridized carbons (Fsp3) is 0.400. The molecule has 1 N–H and O–H groups in total. The van der Waals surface area contributed by atoms with Gasteiger partial charge in [-0.05, 0) is 69.4 Å². The third-order valence-electron chi connectivity index (χ3n) is 6.45. The number of nitrogens with one attached hydrogen (secondary N) is 1. The van der Waals surface area contributed by atoms with Crippen molar-refractivity contribution in [2.24, 2.45) is 0 Å². The van der Waals surface area contributed by atoms with Crippen LogP contribution in [-0.4, -0.2) is 46.5 Å². The molecule has 0 spiro atoms. The molecule has 0 radical (unpaired) electrons. The number of sulfonamides is 1. The Hall–Kier alpha value is -3.20. The molecule has 9 heteroatoms. The number of hydrogen-bond donors (Lipinski definition) is 1. The second-order valence-electron chi connectivity index (χ2n) is 8.61. The van der Waals surface area contributed by atoms with E-state index in [9.17, 15) is 13.2 Å². The zero-order chi connectivity index (χ0) is 24.6. The molecule has 2 heterocycles. The summed E-state index contributed by atoms with van der Waals surface area (Å²) in [6.07, 6.45) is 3.01. The second kappa shape index (κ2) is 9.21. The lowest BCUT2D eigenvalue weighted by Gasteiger charge is -2.25. The van der Waals surface area contributed by atoms with Crippen LogP contribution < -0.4 is 14.2 Å². The van der Waals surface area contributed by atoms with Crippen molar-refractivity contribution in [2.45, 2.75) is 44.9 Å². The third kappa shape index (κ3) is 4.20. The molecule has 0 bridgehead atoms. The van der Waals surface area contributed by atoms with E-state index < -0.39 is 10.0 Å². The number of aryl methyl sites for hydroxylation is 2. The maximum atomic E-state index is 13.7. The van der Waals surface area contributed by atoms with E-state index in [0.29, 0.717) is 41.1 Å². The van der Waals surface area contributed by atoms with Crippen molar-refractivity contribution in [3.8, 4) is 11.5 Å². The first-order chi connectivity index (χ1) is 16.2. The van der Waals surface area contributed by atoms with Gasteiger partial charge in [0.05, 0.1) is 19.9 Å². The van der Waals surface area contributed by atoms with Gasteiger partial charge in [-0.15, -0.1) is 0 Å². The Balaban J connectivity index is 1.83. The van der Waals surface area contributed by atoms with Crippen LogP contribution in [0.25, 0.3) is 11.0 Å². The van der Waals surface area contributed by atoms with Crippen molar-refractivity contribution in [3.63, 3.8) is 0 Å². The molecule has 4 rings (SSSR count). The zero-order valence-corrected chi connectivity index (χ0v) is 21.0. The van der Waals surface area contributed by atoms with E-state index in [4.69, 9.17) is 13.9 Å². The number of ether oxygens (including phenoxy) is 2. The minimum absolute atomic E-state index is 0.0150. The van der Waals surface area contributed by atoms with Gasteiger partial charge in [0.25, 0.3) is 15.9 Å². The van der Waals surface area contributed by atoms with E-state index in [2.05, 4.69) is 4.72 Å². The monoisotopic (exact) mass is 486 g/mol. The Morgan fingerprint density at radius 1 is 1.00 bits per heavy atom. The predicted octanol–water partition coefficient (Wildman–Crippen LogP) is 4.80. The van der Waals surface area contributed by atoms with Crippen molar-refractivity contribution in [2.75, 3.05) is 32.0 Å². The van der Waals surface area contributed by atoms with Crippen molar-refractivity contribution >= 4 is 32.6 Å². The van der Waals surface area contributed by atoms with Gasteiger partial charge in [-0.3, -0.25) is 9.52 Å². The minimum Gasteiger partial charge on any atom is -0.497 e. The average Bonchev–Trinajstić information content (AvgIpc) is 3.15. The fourth-order valence-corrected chi connectivity index (χ4v) is 5.91. The van der Waals surface area contributed by atoms with Crippen molar-refractivity contribution in [1.29, 1.82) is 0 Å². The van der Waals surface area contributed by atoms with Gasteiger partial charge in [0, 0.05) is 30.1 Å². The van der Waals surface area contributed by atoms with Crippen LogP contribution in [0, 0.1) is 20.8 Å². The number of benzene rings is 2. The highest BCUT2D eigenvalue weighted by Crippen LogP contribution is 2.37. The van der Waals surface area contributed by atoms with Crippen LogP contribution in [0.1, 0.15) is 46.5 Å². The number of methoxy groups -OCH3 is 2. The van der Waals surface area contributed by atoms with Crippen molar-refractivity contribution in [3.05, 3.63) is 46.7 Å². The first kappa shape index (κ1) is 23.9. The maximum Gasteiger partial charge on any atom is 0.289 e. The van der Waals surface area contributed by atoms with Crippen molar-refractivity contribution in [1.82, 2.24) is 4.90 Å². The van der Waals surface area contributed by atoms with Gasteiger partial charge >= 0.3 is 0 Å². The molecule has 182 valence electrons. The highest BCUT2D eigenvalue weighted by Gasteiger charge is 2.30. The van der Waals surface area contributed by atoms with E-state index in [-0.39, 0.29) is 27.8 Å². The summed E-state index contributed by atoms with van der Waals surface area (Å²) in [6.45, 7) is 6.74. The largest absolute Gasteiger partial charge is 0.497 e. The number of carbonyl (C=O) groups is 1. The van der Waals surface area contributed by atoms with Gasteiger partial charge in [0.2, 0.25) is 0 Å². The molecule has 2 aromatic carbocycles. The fourth-order valence-electron chi connectivity index (χ4n) is 4.39. The second-order valence-corrected chi connectivity index (χ2v) is 10.2. The first-order valence-corrected chi connectivity index (χ1v) is 12.7. The molecule has 1 saturated heterocycles. The van der Waals surface area contributed by atoms with Gasteiger partial charge < -0.3 is 18.8 Å². The Bertz CT molecular complexity index is 1350. The smallest absolute Gasteiger partial charge is 0.289 e. The summed E-state index contributed by atoms with van der Waals surface area (Å²) in [4.78, 5) is 15.0. The lowest BCUT2D eigenvalue weighted by molar-refractivity contribution is 0.0693. The molecular formula is C25H30N2O6S. The Morgan fingerprint density at radius 3 is 2.35 bits per heavy atom. The number of anilines is 1. The van der Waals surface area contributed by atoms with Crippen LogP contribution in [0.15, 0.2) is 33.6 Å². The number of fused-ring (bicyclic) bond motifs is 1. The highest BCUT2D eigenvalue weighted by atomic mass is 32.2. The van der Waals surface area contributed by atoms with E-state index in [1.807, 2.05) is 13.0 Å². The summed E-state index contributed by atoms with van der Waals surface area (Å²) in [6, 6.07) is 6.70. The molecule has 0 unspecified atom stereocenters. The minimum atomic E-state index is -4.09. The molecule has 1 aliphatic heterocycles. The summed E-state index contributed by atoms with van der Waals surface area (Å²) in [7, 11) is -1.11. The van der Waals surface area contributed by atoms with Crippen LogP contribution in [0.5, 0.6) is 11.5 Å². The molecule has 0 saturated carbocycles. The molecule has 1 aromatic heterocycles. The van der Waals surface area contributed by atoms with E-state index in [1.165, 1.54) is 14.2 Å². The van der Waals surface area contributed by atoms with Gasteiger partial charge in [-0.25, -0.2) is 8.42 Å². The topological polar surface area (TPSA) is 98.1 Å². The summed E-state index contributed by atoms with van der Waals surface area (Å²) in [5.74, 6) is 0.856. The summed E-state index contributed by atoms with van der Waals surface area (Å²) >= 11 is 0. The molecule has 1 aliphatic rings. The summed E-state index contributed by atoms with van der Waals surface area (Å²) in [5.41, 5.74) is 2.44. The summed E-state index contributed by atoms with van der Waals surface area (Å²) in [5, 5.41) is 0.616. The van der Waals surface area contributed by atoms with Gasteiger partial charge in [0.15, 0.2) is 11.3 Å². The number of nitrogens with zero attached hydrogens (tertiary/aromatic N) is 1. The van der Waals surface area contributed by atoms with Crippen LogP contribution in [0.4, 0.5) is 5.69 Å². The third-order valence-corrected chi connectivity index (χ3v) is 7.97. The maximum absolute atomic E-state index is 13.7. The zero-order valence-electron chi connectivity index (χ0n) is 20.1. The van der Waals surface area contributed by atoms with Gasteiger partial charge in [-0.2, -0.15) is 0 Å². The van der Waals surface area contributed by atoms with Crippen LogP contribution in [-0.2, 0) is 10.0 Å². The molecule has 0 aliphatic carbocycles. The van der Waals surface area contributed by atoms with Crippen molar-refractivity contribution < 1.29 is 27.1 Å². The van der Waals surface area contributed by atoms with Crippen LogP contribution in [0.2, 0.25) is 0 Å². The number of likely N-dealkylation sites (tertiary alicyclic amines) is 1. The highest BCUT2D eigenvalue weighted by molar-refractivity contribution is 7.93. The molecule has 0 atom stereocenters. The van der Waals surface area contributed by atoms with Gasteiger partial charge in [-0.1, -0.05) is 0 Å². The quantitative estimate of drug-likeness (QED) is 0.537. The van der Waals surface area contributed by atoms with E-state index in [0.717, 1.165) is 24.8 Å². The van der Waals surface area contributed by atoms with E-state index in [1.54, 1.807) is 36.9 Å². The number of carbonyl (C=O) groups excluding carboxylic acids is 1. The molecule has 3 aromatic rings. The number of furan rings is 1. The van der Waals surface area contributed by atoms with Gasteiger partial charge in [0.1, 0.15) is 16.4 Å². The molecule has 1 fully saturated rings. The normalized spacial score (nSPS) is 14.3. The Kier molecular flexibility index (Phi) is 6.49. The lowest BCUT2D eigenvalue weighted by Crippen LogP contribution is -2.35. The Morgan fingerprint density at radius 2 is 1.71 bits per heavy atom. The van der Waals surface area contributed by atoms with E-state index >= 15 is 0 Å². The molecule has 34 heavy (non-hydrogen) atoms. The predicted molar refractivity (Wildman–Crippen MR) is 131 cm³/mol. The molecule has 1 amide bonds. The lowest BCUT2D eigenvalue weighted by atomic mass is 10.0. The number of rotatable bonds is 6. The average molecular weight is 487 g/mol.